The first-order valence-corrected chi connectivity index (χ1v) is 5.22. The van der Waals surface area contributed by atoms with E-state index >= 15 is 0 Å². The zero-order chi connectivity index (χ0) is 10.8. The SMILES string of the molecule is C=CCn1c(C)nc2ccccc2c1=S. The number of rotatable bonds is 2. The van der Waals surface area contributed by atoms with Crippen LogP contribution in [0.1, 0.15) is 5.82 Å². The molecule has 0 unspecified atom stereocenters. The predicted molar refractivity (Wildman–Crippen MR) is 65.5 cm³/mol. The van der Waals surface area contributed by atoms with Crippen molar-refractivity contribution in [3.05, 3.63) is 47.4 Å². The lowest BCUT2D eigenvalue weighted by Crippen LogP contribution is -2.05. The van der Waals surface area contributed by atoms with Gasteiger partial charge in [-0.1, -0.05) is 30.4 Å². The van der Waals surface area contributed by atoms with E-state index in [0.717, 1.165) is 21.4 Å². The molecule has 0 aliphatic heterocycles. The molecule has 2 rings (SSSR count). The maximum atomic E-state index is 5.42. The van der Waals surface area contributed by atoms with Crippen LogP contribution in [0.4, 0.5) is 0 Å². The molecule has 1 aromatic heterocycles. The molecule has 0 atom stereocenters. The number of benzene rings is 1. The highest BCUT2D eigenvalue weighted by Crippen LogP contribution is 2.14. The molecule has 0 bridgehead atoms. The first-order chi connectivity index (χ1) is 7.24. The lowest BCUT2D eigenvalue weighted by atomic mass is 10.2. The summed E-state index contributed by atoms with van der Waals surface area (Å²) in [6, 6.07) is 7.94. The average molecular weight is 216 g/mol. The van der Waals surface area contributed by atoms with Crippen molar-refractivity contribution in [3.63, 3.8) is 0 Å². The van der Waals surface area contributed by atoms with Crippen molar-refractivity contribution in [2.45, 2.75) is 13.5 Å². The van der Waals surface area contributed by atoms with Gasteiger partial charge in [-0.25, -0.2) is 4.98 Å². The van der Waals surface area contributed by atoms with Gasteiger partial charge in [-0.05, 0) is 19.1 Å². The fourth-order valence-corrected chi connectivity index (χ4v) is 2.00. The molecule has 0 amide bonds. The highest BCUT2D eigenvalue weighted by Gasteiger charge is 2.02. The Hall–Kier alpha value is -1.48. The van der Waals surface area contributed by atoms with Crippen LogP contribution in [0, 0.1) is 11.6 Å². The minimum absolute atomic E-state index is 0.711. The Bertz CT molecular complexity index is 569. The second-order valence-corrected chi connectivity index (χ2v) is 3.77. The Morgan fingerprint density at radius 1 is 1.47 bits per heavy atom. The minimum Gasteiger partial charge on any atom is -0.317 e. The third-order valence-corrected chi connectivity index (χ3v) is 2.80. The molecule has 76 valence electrons. The van der Waals surface area contributed by atoms with Crippen LogP contribution in [-0.4, -0.2) is 9.55 Å². The molecule has 1 aromatic carbocycles. The maximum absolute atomic E-state index is 5.42. The molecule has 1 heterocycles. The van der Waals surface area contributed by atoms with Gasteiger partial charge >= 0.3 is 0 Å². The van der Waals surface area contributed by atoms with Gasteiger partial charge in [0.15, 0.2) is 0 Å². The van der Waals surface area contributed by atoms with Gasteiger partial charge < -0.3 is 4.57 Å². The first kappa shape index (κ1) is 10.1. The molecule has 0 saturated heterocycles. The second-order valence-electron chi connectivity index (χ2n) is 3.38. The third-order valence-electron chi connectivity index (χ3n) is 2.36. The molecular formula is C12H12N2S. The normalized spacial score (nSPS) is 10.5. The molecule has 0 aliphatic rings. The number of aromatic nitrogens is 2. The molecule has 15 heavy (non-hydrogen) atoms. The number of aryl methyl sites for hydroxylation is 1. The lowest BCUT2D eigenvalue weighted by Gasteiger charge is -2.09. The van der Waals surface area contributed by atoms with Gasteiger partial charge in [-0.15, -0.1) is 6.58 Å². The van der Waals surface area contributed by atoms with Gasteiger partial charge in [-0.3, -0.25) is 0 Å². The van der Waals surface area contributed by atoms with Gasteiger partial charge in [-0.2, -0.15) is 0 Å². The molecule has 0 radical (unpaired) electrons. The number of nitrogens with zero attached hydrogens (tertiary/aromatic N) is 2. The van der Waals surface area contributed by atoms with Crippen LogP contribution in [0.5, 0.6) is 0 Å². The predicted octanol–water partition coefficient (Wildman–Crippen LogP) is 3.26. The van der Waals surface area contributed by atoms with Crippen LogP contribution < -0.4 is 0 Å². The van der Waals surface area contributed by atoms with Crippen molar-refractivity contribution in [1.82, 2.24) is 9.55 Å². The quantitative estimate of drug-likeness (QED) is 0.566. The standard InChI is InChI=1S/C12H12N2S/c1-3-8-14-9(2)13-11-7-5-4-6-10(11)12(14)15/h3-7H,1,8H2,2H3. The fraction of sp³-hybridized carbons (Fsp3) is 0.167. The van der Waals surface area contributed by atoms with Crippen LogP contribution >= 0.6 is 12.2 Å². The van der Waals surface area contributed by atoms with Crippen molar-refractivity contribution in [2.75, 3.05) is 0 Å². The Balaban J connectivity index is 2.84. The van der Waals surface area contributed by atoms with Crippen molar-refractivity contribution in [3.8, 4) is 0 Å². The molecule has 2 nitrogen and oxygen atoms in total. The molecule has 0 fully saturated rings. The third kappa shape index (κ3) is 1.70. The van der Waals surface area contributed by atoms with E-state index in [9.17, 15) is 0 Å². The van der Waals surface area contributed by atoms with E-state index in [1.807, 2.05) is 41.8 Å². The molecule has 0 N–H and O–H groups in total. The molecule has 0 saturated carbocycles. The highest BCUT2D eigenvalue weighted by molar-refractivity contribution is 7.71. The van der Waals surface area contributed by atoms with Crippen molar-refractivity contribution < 1.29 is 0 Å². The van der Waals surface area contributed by atoms with Gasteiger partial charge in [0.25, 0.3) is 0 Å². The summed E-state index contributed by atoms with van der Waals surface area (Å²) in [5.74, 6) is 0.929. The van der Waals surface area contributed by atoms with Crippen LogP contribution in [-0.2, 0) is 6.54 Å². The largest absolute Gasteiger partial charge is 0.317 e. The molecule has 2 aromatic rings. The summed E-state index contributed by atoms with van der Waals surface area (Å²) in [7, 11) is 0. The molecule has 0 aliphatic carbocycles. The number of hydrogen-bond acceptors (Lipinski definition) is 2. The number of para-hydroxylation sites is 1. The van der Waals surface area contributed by atoms with Crippen LogP contribution in [0.2, 0.25) is 0 Å². The van der Waals surface area contributed by atoms with E-state index in [0.29, 0.717) is 6.54 Å². The lowest BCUT2D eigenvalue weighted by molar-refractivity contribution is 0.746. The van der Waals surface area contributed by atoms with E-state index in [1.54, 1.807) is 0 Å². The summed E-state index contributed by atoms with van der Waals surface area (Å²) < 4.78 is 2.82. The van der Waals surface area contributed by atoms with Gasteiger partial charge in [0.2, 0.25) is 0 Å². The smallest absolute Gasteiger partial charge is 0.117 e. The van der Waals surface area contributed by atoms with Crippen LogP contribution in [0.15, 0.2) is 36.9 Å². The monoisotopic (exact) mass is 216 g/mol. The summed E-state index contributed by atoms with van der Waals surface area (Å²) >= 11 is 5.42. The summed E-state index contributed by atoms with van der Waals surface area (Å²) in [6.07, 6.45) is 1.83. The Kier molecular flexibility index (Phi) is 2.64. The summed E-state index contributed by atoms with van der Waals surface area (Å²) in [5.41, 5.74) is 0.959. The fourth-order valence-electron chi connectivity index (χ4n) is 1.62. The number of fused-ring (bicyclic) bond motifs is 1. The van der Waals surface area contributed by atoms with E-state index in [1.165, 1.54) is 0 Å². The average Bonchev–Trinajstić information content (AvgIpc) is 2.24. The van der Waals surface area contributed by atoms with Gasteiger partial charge in [0.1, 0.15) is 10.5 Å². The minimum atomic E-state index is 0.711. The Morgan fingerprint density at radius 2 is 2.20 bits per heavy atom. The highest BCUT2D eigenvalue weighted by atomic mass is 32.1. The van der Waals surface area contributed by atoms with Crippen LogP contribution in [0.25, 0.3) is 10.9 Å². The second kappa shape index (κ2) is 3.95. The molecule has 0 spiro atoms. The maximum Gasteiger partial charge on any atom is 0.117 e. The molecular weight excluding hydrogens is 204 g/mol. The van der Waals surface area contributed by atoms with Gasteiger partial charge in [0.05, 0.1) is 5.52 Å². The zero-order valence-electron chi connectivity index (χ0n) is 8.60. The van der Waals surface area contributed by atoms with E-state index in [-0.39, 0.29) is 0 Å². The van der Waals surface area contributed by atoms with E-state index < -0.39 is 0 Å². The molecule has 3 heteroatoms. The topological polar surface area (TPSA) is 17.8 Å². The van der Waals surface area contributed by atoms with E-state index in [4.69, 9.17) is 12.2 Å². The zero-order valence-corrected chi connectivity index (χ0v) is 9.42. The number of allylic oxidation sites excluding steroid dienone is 1. The summed E-state index contributed by atoms with van der Waals surface area (Å²) in [5, 5.41) is 1.03. The Labute approximate surface area is 93.9 Å². The Morgan fingerprint density at radius 3 is 2.93 bits per heavy atom. The van der Waals surface area contributed by atoms with E-state index in [2.05, 4.69) is 11.6 Å². The van der Waals surface area contributed by atoms with Crippen molar-refractivity contribution in [1.29, 1.82) is 0 Å². The van der Waals surface area contributed by atoms with Crippen LogP contribution in [0.3, 0.4) is 0 Å². The van der Waals surface area contributed by atoms with Crippen molar-refractivity contribution in [2.24, 2.45) is 0 Å². The number of hydrogen-bond donors (Lipinski definition) is 0. The van der Waals surface area contributed by atoms with Gasteiger partial charge in [0, 0.05) is 11.9 Å². The van der Waals surface area contributed by atoms with Crippen molar-refractivity contribution >= 4 is 23.1 Å². The summed E-state index contributed by atoms with van der Waals surface area (Å²) in [4.78, 5) is 4.50. The first-order valence-electron chi connectivity index (χ1n) is 4.81. The summed E-state index contributed by atoms with van der Waals surface area (Å²) in [6.45, 7) is 6.40.